The number of carbonyl (C=O) groups excluding carboxylic acids is 1. The first kappa shape index (κ1) is 13.3. The van der Waals surface area contributed by atoms with Gasteiger partial charge in [-0.15, -0.1) is 0 Å². The van der Waals surface area contributed by atoms with Crippen LogP contribution in [0.3, 0.4) is 0 Å². The first-order chi connectivity index (χ1) is 9.11. The van der Waals surface area contributed by atoms with Crippen molar-refractivity contribution in [2.24, 2.45) is 0 Å². The number of methoxy groups -OCH3 is 1. The fraction of sp³-hybridized carbons (Fsp3) is 0.462. The van der Waals surface area contributed by atoms with Crippen LogP contribution < -0.4 is 9.47 Å². The van der Waals surface area contributed by atoms with Gasteiger partial charge in [-0.1, -0.05) is 0 Å². The molecule has 1 aromatic carbocycles. The largest absolute Gasteiger partial charge is 0.496 e. The summed E-state index contributed by atoms with van der Waals surface area (Å²) in [6, 6.07) is 4.34. The quantitative estimate of drug-likeness (QED) is 0.617. The molecule has 0 spiro atoms. The van der Waals surface area contributed by atoms with Crippen LogP contribution in [-0.2, 0) is 4.79 Å². The fourth-order valence-corrected chi connectivity index (χ4v) is 2.10. The number of nitro groups is 1. The van der Waals surface area contributed by atoms with Gasteiger partial charge in [0.2, 0.25) is 0 Å². The van der Waals surface area contributed by atoms with E-state index in [0.29, 0.717) is 18.6 Å². The maximum absolute atomic E-state index is 11.7. The van der Waals surface area contributed by atoms with Crippen LogP contribution in [0.4, 0.5) is 5.69 Å². The third kappa shape index (κ3) is 3.01. The van der Waals surface area contributed by atoms with E-state index >= 15 is 0 Å². The van der Waals surface area contributed by atoms with Crippen LogP contribution in [0.2, 0.25) is 0 Å². The van der Waals surface area contributed by atoms with Crippen molar-refractivity contribution in [3.63, 3.8) is 0 Å². The summed E-state index contributed by atoms with van der Waals surface area (Å²) in [4.78, 5) is 22.1. The van der Waals surface area contributed by atoms with Crippen LogP contribution in [0.25, 0.3) is 0 Å². The molecular formula is C13H15NO5. The number of ketones is 1. The molecular weight excluding hydrogens is 250 g/mol. The van der Waals surface area contributed by atoms with Crippen LogP contribution in [0.15, 0.2) is 18.2 Å². The van der Waals surface area contributed by atoms with E-state index in [-0.39, 0.29) is 17.2 Å². The second-order valence-corrected chi connectivity index (χ2v) is 4.41. The number of carbonyl (C=O) groups is 1. The van der Waals surface area contributed by atoms with Crippen LogP contribution in [-0.4, -0.2) is 23.9 Å². The van der Waals surface area contributed by atoms with Crippen LogP contribution in [0.5, 0.6) is 11.5 Å². The topological polar surface area (TPSA) is 78.7 Å². The van der Waals surface area contributed by atoms with Crippen LogP contribution in [0, 0.1) is 10.1 Å². The summed E-state index contributed by atoms with van der Waals surface area (Å²) >= 11 is 0. The molecule has 102 valence electrons. The van der Waals surface area contributed by atoms with Crippen molar-refractivity contribution >= 4 is 11.5 Å². The van der Waals surface area contributed by atoms with Gasteiger partial charge < -0.3 is 9.47 Å². The molecule has 0 unspecified atom stereocenters. The minimum Gasteiger partial charge on any atom is -0.496 e. The lowest BCUT2D eigenvalue weighted by atomic mass is 9.96. The zero-order valence-corrected chi connectivity index (χ0v) is 10.6. The molecule has 0 bridgehead atoms. The van der Waals surface area contributed by atoms with Gasteiger partial charge >= 0.3 is 5.69 Å². The predicted molar refractivity (Wildman–Crippen MR) is 67.5 cm³/mol. The van der Waals surface area contributed by atoms with Crippen molar-refractivity contribution in [2.75, 3.05) is 7.11 Å². The van der Waals surface area contributed by atoms with Gasteiger partial charge in [-0.05, 0) is 31.4 Å². The first-order valence-corrected chi connectivity index (χ1v) is 6.13. The van der Waals surface area contributed by atoms with Gasteiger partial charge in [-0.3, -0.25) is 14.9 Å². The van der Waals surface area contributed by atoms with Crippen molar-refractivity contribution in [1.29, 1.82) is 0 Å². The van der Waals surface area contributed by atoms with Gasteiger partial charge in [0.15, 0.2) is 17.6 Å². The number of hydrogen-bond acceptors (Lipinski definition) is 5. The summed E-state index contributed by atoms with van der Waals surface area (Å²) in [7, 11) is 1.43. The monoisotopic (exact) mass is 265 g/mol. The van der Waals surface area contributed by atoms with Crippen molar-refractivity contribution in [3.8, 4) is 11.5 Å². The Hall–Kier alpha value is -2.11. The summed E-state index contributed by atoms with van der Waals surface area (Å²) < 4.78 is 10.5. The van der Waals surface area contributed by atoms with Crippen molar-refractivity contribution in [2.45, 2.75) is 31.8 Å². The number of Topliss-reactive ketones (excluding diaryl/α,β-unsaturated/α-hetero) is 1. The maximum Gasteiger partial charge on any atom is 0.314 e. The highest BCUT2D eigenvalue weighted by Crippen LogP contribution is 2.33. The summed E-state index contributed by atoms with van der Waals surface area (Å²) in [6.45, 7) is 0. The number of rotatable bonds is 4. The van der Waals surface area contributed by atoms with Gasteiger partial charge in [0.05, 0.1) is 18.1 Å². The molecule has 0 heterocycles. The Bertz CT molecular complexity index is 500. The van der Waals surface area contributed by atoms with E-state index in [2.05, 4.69) is 0 Å². The summed E-state index contributed by atoms with van der Waals surface area (Å²) in [6.07, 6.45) is 2.29. The van der Waals surface area contributed by atoms with Gasteiger partial charge in [0, 0.05) is 6.42 Å². The molecule has 0 aliphatic heterocycles. The Morgan fingerprint density at radius 1 is 1.37 bits per heavy atom. The van der Waals surface area contributed by atoms with Gasteiger partial charge in [-0.25, -0.2) is 0 Å². The average molecular weight is 265 g/mol. The Kier molecular flexibility index (Phi) is 3.99. The lowest BCUT2D eigenvalue weighted by Gasteiger charge is -2.21. The lowest BCUT2D eigenvalue weighted by molar-refractivity contribution is -0.386. The highest BCUT2D eigenvalue weighted by Gasteiger charge is 2.27. The molecule has 1 aromatic rings. The van der Waals surface area contributed by atoms with E-state index in [4.69, 9.17) is 9.47 Å². The maximum atomic E-state index is 11.7. The fourth-order valence-electron chi connectivity index (χ4n) is 2.10. The van der Waals surface area contributed by atoms with Gasteiger partial charge in [-0.2, -0.15) is 0 Å². The molecule has 19 heavy (non-hydrogen) atoms. The third-order valence-electron chi connectivity index (χ3n) is 3.13. The lowest BCUT2D eigenvalue weighted by Crippen LogP contribution is -2.30. The van der Waals surface area contributed by atoms with Gasteiger partial charge in [0.25, 0.3) is 0 Å². The minimum atomic E-state index is -0.569. The molecule has 2 rings (SSSR count). The molecule has 0 amide bonds. The number of ether oxygens (including phenoxy) is 2. The zero-order valence-electron chi connectivity index (χ0n) is 10.6. The molecule has 1 saturated carbocycles. The third-order valence-corrected chi connectivity index (χ3v) is 3.13. The molecule has 0 N–H and O–H groups in total. The van der Waals surface area contributed by atoms with Crippen molar-refractivity contribution in [3.05, 3.63) is 28.3 Å². The van der Waals surface area contributed by atoms with E-state index in [1.54, 1.807) is 6.07 Å². The van der Waals surface area contributed by atoms with Crippen molar-refractivity contribution < 1.29 is 19.2 Å². The molecule has 6 nitrogen and oxygen atoms in total. The number of hydrogen-bond donors (Lipinski definition) is 0. The van der Waals surface area contributed by atoms with Gasteiger partial charge in [0.1, 0.15) is 5.75 Å². The average Bonchev–Trinajstić information content (AvgIpc) is 2.41. The Balaban J connectivity index is 2.23. The van der Waals surface area contributed by atoms with E-state index in [9.17, 15) is 14.9 Å². The van der Waals surface area contributed by atoms with Crippen molar-refractivity contribution in [1.82, 2.24) is 0 Å². The number of nitrogens with zero attached hydrogens (tertiary/aromatic N) is 1. The smallest absolute Gasteiger partial charge is 0.314 e. The minimum absolute atomic E-state index is 0.0105. The normalized spacial score (nSPS) is 19.0. The Morgan fingerprint density at radius 3 is 2.79 bits per heavy atom. The highest BCUT2D eigenvalue weighted by molar-refractivity contribution is 5.84. The van der Waals surface area contributed by atoms with E-state index in [0.717, 1.165) is 12.8 Å². The number of nitro benzene ring substituents is 1. The molecule has 1 atom stereocenters. The van der Waals surface area contributed by atoms with Crippen LogP contribution in [0.1, 0.15) is 25.7 Å². The van der Waals surface area contributed by atoms with Crippen LogP contribution >= 0.6 is 0 Å². The van der Waals surface area contributed by atoms with E-state index in [1.165, 1.54) is 19.2 Å². The standard InChI is InChI=1S/C13H15NO5/c1-18-9-6-7-12(10(8-9)14(16)17)19-13-5-3-2-4-11(13)15/h6-8,13H,2-5H2,1H3/t13-/m1/s1. The summed E-state index contributed by atoms with van der Waals surface area (Å²) in [5, 5.41) is 11.0. The molecule has 6 heteroatoms. The molecule has 1 fully saturated rings. The molecule has 1 aliphatic rings. The molecule has 1 aliphatic carbocycles. The Morgan fingerprint density at radius 2 is 2.16 bits per heavy atom. The SMILES string of the molecule is COc1ccc(O[C@@H]2CCCCC2=O)c([N+](=O)[O-])c1. The predicted octanol–water partition coefficient (Wildman–Crippen LogP) is 2.49. The zero-order chi connectivity index (χ0) is 13.8. The molecule has 0 radical (unpaired) electrons. The second-order valence-electron chi connectivity index (χ2n) is 4.41. The first-order valence-electron chi connectivity index (χ1n) is 6.13. The molecule has 0 saturated heterocycles. The molecule has 0 aromatic heterocycles. The Labute approximate surface area is 110 Å². The summed E-state index contributed by atoms with van der Waals surface area (Å²) in [5.41, 5.74) is -0.183. The summed E-state index contributed by atoms with van der Waals surface area (Å²) in [5.74, 6) is 0.511. The van der Waals surface area contributed by atoms with E-state index < -0.39 is 11.0 Å². The number of benzene rings is 1. The highest BCUT2D eigenvalue weighted by atomic mass is 16.6. The van der Waals surface area contributed by atoms with E-state index in [1.807, 2.05) is 0 Å². The second kappa shape index (κ2) is 5.69.